The third-order valence-electron chi connectivity index (χ3n) is 5.22. The standard InChI is InChI=1S/C21H24N4O5S/c1-4-21(3)19(27)25(20(28)22-21)23-18(26)15-11-13-17(14-12-15)31(29,30)24(5-2)16-9-7-6-8-10-16/h6-14H,4-5H2,1-3H3,(H,22,28)(H,23,26)/t21-/m1/s1. The molecule has 1 aliphatic heterocycles. The van der Waals surface area contributed by atoms with E-state index >= 15 is 0 Å². The summed E-state index contributed by atoms with van der Waals surface area (Å²) < 4.78 is 27.3. The number of para-hydroxylation sites is 1. The number of urea groups is 1. The van der Waals surface area contributed by atoms with Crippen molar-refractivity contribution in [3.05, 3.63) is 60.2 Å². The molecule has 2 aromatic rings. The van der Waals surface area contributed by atoms with E-state index in [1.54, 1.807) is 51.1 Å². The minimum Gasteiger partial charge on any atom is -0.322 e. The summed E-state index contributed by atoms with van der Waals surface area (Å²) in [4.78, 5) is 37.0. The molecule has 0 unspecified atom stereocenters. The molecule has 1 aliphatic rings. The maximum absolute atomic E-state index is 13.0. The van der Waals surface area contributed by atoms with Gasteiger partial charge in [-0.3, -0.25) is 19.3 Å². The molecule has 0 aromatic heterocycles. The Morgan fingerprint density at radius 2 is 1.68 bits per heavy atom. The smallest absolute Gasteiger partial charge is 0.322 e. The zero-order valence-corrected chi connectivity index (χ0v) is 18.3. The van der Waals surface area contributed by atoms with E-state index in [1.165, 1.54) is 28.6 Å². The van der Waals surface area contributed by atoms with Crippen LogP contribution >= 0.6 is 0 Å². The number of nitrogens with zero attached hydrogens (tertiary/aromatic N) is 2. The van der Waals surface area contributed by atoms with Gasteiger partial charge < -0.3 is 5.32 Å². The lowest BCUT2D eigenvalue weighted by atomic mass is 10.00. The van der Waals surface area contributed by atoms with Crippen molar-refractivity contribution in [1.82, 2.24) is 15.8 Å². The number of carbonyl (C=O) groups excluding carboxylic acids is 3. The second-order valence-corrected chi connectivity index (χ2v) is 9.09. The average Bonchev–Trinajstić information content (AvgIpc) is 2.98. The molecule has 0 aliphatic carbocycles. The van der Waals surface area contributed by atoms with E-state index in [1.807, 2.05) is 0 Å². The van der Waals surface area contributed by atoms with E-state index in [2.05, 4.69) is 10.7 Å². The fourth-order valence-corrected chi connectivity index (χ4v) is 4.66. The second kappa shape index (κ2) is 8.38. The predicted molar refractivity (Wildman–Crippen MR) is 115 cm³/mol. The van der Waals surface area contributed by atoms with Crippen molar-refractivity contribution in [1.29, 1.82) is 0 Å². The van der Waals surface area contributed by atoms with E-state index in [4.69, 9.17) is 0 Å². The van der Waals surface area contributed by atoms with Crippen molar-refractivity contribution in [2.24, 2.45) is 0 Å². The molecule has 2 aromatic carbocycles. The van der Waals surface area contributed by atoms with E-state index in [0.29, 0.717) is 17.1 Å². The summed E-state index contributed by atoms with van der Waals surface area (Å²) in [5.41, 5.74) is 1.83. The number of sulfonamides is 1. The molecular formula is C21H24N4O5S. The van der Waals surface area contributed by atoms with Crippen molar-refractivity contribution in [3.63, 3.8) is 0 Å². The lowest BCUT2D eigenvalue weighted by Crippen LogP contribution is -2.48. The first-order valence-corrected chi connectivity index (χ1v) is 11.2. The van der Waals surface area contributed by atoms with Crippen LogP contribution in [0.2, 0.25) is 0 Å². The molecule has 1 saturated heterocycles. The van der Waals surface area contributed by atoms with Gasteiger partial charge in [-0.05, 0) is 56.7 Å². The number of nitrogens with one attached hydrogen (secondary N) is 2. The van der Waals surface area contributed by atoms with Gasteiger partial charge in [0.2, 0.25) is 0 Å². The van der Waals surface area contributed by atoms with Gasteiger partial charge in [-0.15, -0.1) is 0 Å². The van der Waals surface area contributed by atoms with Crippen LogP contribution in [0, 0.1) is 0 Å². The average molecular weight is 445 g/mol. The highest BCUT2D eigenvalue weighted by Gasteiger charge is 2.47. The van der Waals surface area contributed by atoms with Crippen LogP contribution in [0.4, 0.5) is 10.5 Å². The molecule has 2 N–H and O–H groups in total. The van der Waals surface area contributed by atoms with Gasteiger partial charge in [0.1, 0.15) is 5.54 Å². The van der Waals surface area contributed by atoms with Gasteiger partial charge >= 0.3 is 6.03 Å². The first-order chi connectivity index (χ1) is 14.6. The molecule has 31 heavy (non-hydrogen) atoms. The van der Waals surface area contributed by atoms with Crippen LogP contribution in [-0.4, -0.2) is 43.4 Å². The van der Waals surface area contributed by atoms with Crippen LogP contribution in [0.25, 0.3) is 0 Å². The number of anilines is 1. The maximum atomic E-state index is 13.0. The summed E-state index contributed by atoms with van der Waals surface area (Å²) in [5, 5.41) is 3.18. The Bertz CT molecular complexity index is 1100. The normalized spacial score (nSPS) is 18.6. The molecular weight excluding hydrogens is 420 g/mol. The van der Waals surface area contributed by atoms with Crippen molar-refractivity contribution < 1.29 is 22.8 Å². The van der Waals surface area contributed by atoms with E-state index in [-0.39, 0.29) is 17.0 Å². The first kappa shape index (κ1) is 22.3. The summed E-state index contributed by atoms with van der Waals surface area (Å²) in [6.45, 7) is 5.29. The van der Waals surface area contributed by atoms with Crippen molar-refractivity contribution in [2.75, 3.05) is 10.8 Å². The third-order valence-corrected chi connectivity index (χ3v) is 7.13. The number of hydrogen-bond donors (Lipinski definition) is 2. The molecule has 1 atom stereocenters. The van der Waals surface area contributed by atoms with Crippen LogP contribution in [0.1, 0.15) is 37.6 Å². The van der Waals surface area contributed by atoms with Crippen molar-refractivity contribution in [2.45, 2.75) is 37.6 Å². The Hall–Kier alpha value is -3.40. The van der Waals surface area contributed by atoms with Crippen LogP contribution < -0.4 is 15.0 Å². The zero-order valence-electron chi connectivity index (χ0n) is 17.5. The third kappa shape index (κ3) is 4.11. The van der Waals surface area contributed by atoms with Gasteiger partial charge in [0.25, 0.3) is 21.8 Å². The molecule has 0 bridgehead atoms. The number of hydrazine groups is 1. The monoisotopic (exact) mass is 444 g/mol. The summed E-state index contributed by atoms with van der Waals surface area (Å²) in [6, 6.07) is 13.3. The number of carbonyl (C=O) groups is 3. The zero-order chi connectivity index (χ0) is 22.8. The Balaban J connectivity index is 1.79. The Labute approximate surface area is 181 Å². The fraction of sp³-hybridized carbons (Fsp3) is 0.286. The van der Waals surface area contributed by atoms with Gasteiger partial charge in [0.05, 0.1) is 10.6 Å². The predicted octanol–water partition coefficient (Wildman–Crippen LogP) is 2.27. The molecule has 9 nitrogen and oxygen atoms in total. The number of amides is 4. The summed E-state index contributed by atoms with van der Waals surface area (Å²) in [7, 11) is -3.83. The molecule has 4 amide bonds. The lowest BCUT2D eigenvalue weighted by Gasteiger charge is -2.23. The van der Waals surface area contributed by atoms with Gasteiger partial charge in [0, 0.05) is 12.1 Å². The fourth-order valence-electron chi connectivity index (χ4n) is 3.18. The first-order valence-electron chi connectivity index (χ1n) is 9.79. The molecule has 0 radical (unpaired) electrons. The minimum absolute atomic E-state index is 0.0169. The number of imide groups is 1. The summed E-state index contributed by atoms with van der Waals surface area (Å²) in [6.07, 6.45) is 0.367. The highest BCUT2D eigenvalue weighted by Crippen LogP contribution is 2.24. The number of rotatable bonds is 7. The molecule has 0 spiro atoms. The quantitative estimate of drug-likeness (QED) is 0.636. The molecule has 3 rings (SSSR count). The van der Waals surface area contributed by atoms with Crippen LogP contribution in [0.15, 0.2) is 59.5 Å². The Morgan fingerprint density at radius 3 is 2.19 bits per heavy atom. The maximum Gasteiger partial charge on any atom is 0.344 e. The van der Waals surface area contributed by atoms with Crippen LogP contribution in [0.5, 0.6) is 0 Å². The van der Waals surface area contributed by atoms with Gasteiger partial charge in [-0.25, -0.2) is 13.2 Å². The highest BCUT2D eigenvalue weighted by atomic mass is 32.2. The lowest BCUT2D eigenvalue weighted by molar-refractivity contribution is -0.132. The molecule has 10 heteroatoms. The Kier molecular flexibility index (Phi) is 6.03. The van der Waals surface area contributed by atoms with Crippen molar-refractivity contribution in [3.8, 4) is 0 Å². The molecule has 1 fully saturated rings. The van der Waals surface area contributed by atoms with E-state index < -0.39 is 33.4 Å². The highest BCUT2D eigenvalue weighted by molar-refractivity contribution is 7.92. The van der Waals surface area contributed by atoms with Gasteiger partial charge in [0.15, 0.2) is 0 Å². The molecule has 0 saturated carbocycles. The van der Waals surface area contributed by atoms with Crippen LogP contribution in [0.3, 0.4) is 0 Å². The molecule has 1 heterocycles. The Morgan fingerprint density at radius 1 is 1.06 bits per heavy atom. The second-order valence-electron chi connectivity index (χ2n) is 7.23. The van der Waals surface area contributed by atoms with Gasteiger partial charge in [-0.1, -0.05) is 25.1 Å². The number of benzene rings is 2. The van der Waals surface area contributed by atoms with Gasteiger partial charge in [-0.2, -0.15) is 5.01 Å². The van der Waals surface area contributed by atoms with Crippen molar-refractivity contribution >= 4 is 33.6 Å². The van der Waals surface area contributed by atoms with Crippen LogP contribution in [-0.2, 0) is 14.8 Å². The number of hydrogen-bond acceptors (Lipinski definition) is 5. The largest absolute Gasteiger partial charge is 0.344 e. The summed E-state index contributed by atoms with van der Waals surface area (Å²) >= 11 is 0. The van der Waals surface area contributed by atoms with E-state index in [0.717, 1.165) is 0 Å². The topological polar surface area (TPSA) is 116 Å². The minimum atomic E-state index is -3.83. The van der Waals surface area contributed by atoms with E-state index in [9.17, 15) is 22.8 Å². The molecule has 164 valence electrons. The SMILES string of the molecule is CCN(c1ccccc1)S(=O)(=O)c1ccc(C(=O)NN2C(=O)N[C@](C)(CC)C2=O)cc1. The summed E-state index contributed by atoms with van der Waals surface area (Å²) in [5.74, 6) is -1.27.